The number of carbonyl (C=O) groups is 1. The van der Waals surface area contributed by atoms with Crippen molar-refractivity contribution < 1.29 is 4.79 Å². The van der Waals surface area contributed by atoms with Gasteiger partial charge < -0.3 is 4.90 Å². The molecule has 0 N–H and O–H groups in total. The normalized spacial score (nSPS) is 12.0. The highest BCUT2D eigenvalue weighted by atomic mass is 16.2. The van der Waals surface area contributed by atoms with Crippen LogP contribution >= 0.6 is 0 Å². The van der Waals surface area contributed by atoms with Gasteiger partial charge in [-0.25, -0.2) is 4.98 Å². The van der Waals surface area contributed by atoms with E-state index in [0.29, 0.717) is 36.1 Å². The van der Waals surface area contributed by atoms with E-state index >= 15 is 0 Å². The largest absolute Gasteiger partial charge is 0.333 e. The number of aromatic nitrogens is 2. The number of carbonyl (C=O) groups excluding carboxylic acids is 1. The minimum atomic E-state index is -0.364. The number of benzene rings is 3. The molecule has 0 saturated carbocycles. The van der Waals surface area contributed by atoms with Gasteiger partial charge in [0.1, 0.15) is 5.82 Å². The third-order valence-electron chi connectivity index (χ3n) is 6.38. The van der Waals surface area contributed by atoms with Crippen molar-refractivity contribution in [3.05, 3.63) is 106 Å². The van der Waals surface area contributed by atoms with Gasteiger partial charge in [-0.05, 0) is 62.1 Å². The van der Waals surface area contributed by atoms with Gasteiger partial charge >= 0.3 is 0 Å². The number of nitrogens with zero attached hydrogens (tertiary/aromatic N) is 3. The fourth-order valence-corrected chi connectivity index (χ4v) is 4.41. The average Bonchev–Trinajstić information content (AvgIpc) is 2.88. The van der Waals surface area contributed by atoms with Crippen LogP contribution in [0.15, 0.2) is 83.7 Å². The van der Waals surface area contributed by atoms with E-state index in [1.165, 1.54) is 5.56 Å². The molecule has 34 heavy (non-hydrogen) atoms. The summed E-state index contributed by atoms with van der Waals surface area (Å²) in [4.78, 5) is 33.6. The molecule has 0 aliphatic carbocycles. The second-order valence-corrected chi connectivity index (χ2v) is 8.49. The number of amides is 1. The minimum absolute atomic E-state index is 0.0501. The van der Waals surface area contributed by atoms with Crippen molar-refractivity contribution in [1.29, 1.82) is 0 Å². The Morgan fingerprint density at radius 3 is 2.26 bits per heavy atom. The molecule has 0 saturated heterocycles. The quantitative estimate of drug-likeness (QED) is 0.354. The molecule has 0 bridgehead atoms. The first-order valence-electron chi connectivity index (χ1n) is 12.0. The molecule has 1 heterocycles. The Kier molecular flexibility index (Phi) is 7.21. The number of fused-ring (bicyclic) bond motifs is 1. The van der Waals surface area contributed by atoms with Crippen LogP contribution in [-0.4, -0.2) is 26.9 Å². The van der Waals surface area contributed by atoms with Crippen molar-refractivity contribution in [1.82, 2.24) is 14.5 Å². The summed E-state index contributed by atoms with van der Waals surface area (Å²) in [6.45, 7) is 6.56. The lowest BCUT2D eigenvalue weighted by Gasteiger charge is -2.29. The van der Waals surface area contributed by atoms with E-state index in [-0.39, 0.29) is 17.5 Å². The first kappa shape index (κ1) is 23.4. The monoisotopic (exact) mass is 453 g/mol. The lowest BCUT2D eigenvalue weighted by Crippen LogP contribution is -2.37. The Bertz CT molecular complexity index is 1330. The maximum absolute atomic E-state index is 13.6. The van der Waals surface area contributed by atoms with Crippen molar-refractivity contribution in [2.75, 3.05) is 6.54 Å². The van der Waals surface area contributed by atoms with E-state index in [2.05, 4.69) is 6.92 Å². The van der Waals surface area contributed by atoms with E-state index in [9.17, 15) is 9.59 Å². The van der Waals surface area contributed by atoms with Crippen molar-refractivity contribution in [2.24, 2.45) is 0 Å². The van der Waals surface area contributed by atoms with Gasteiger partial charge in [0.2, 0.25) is 5.91 Å². The third kappa shape index (κ3) is 4.79. The highest BCUT2D eigenvalue weighted by molar-refractivity contribution is 5.79. The summed E-state index contributed by atoms with van der Waals surface area (Å²) in [6.07, 6.45) is 2.01. The Morgan fingerprint density at radius 1 is 0.912 bits per heavy atom. The van der Waals surface area contributed by atoms with E-state index in [4.69, 9.17) is 4.98 Å². The van der Waals surface area contributed by atoms with Crippen molar-refractivity contribution >= 4 is 16.8 Å². The van der Waals surface area contributed by atoms with Gasteiger partial charge in [-0.3, -0.25) is 14.2 Å². The molecule has 0 radical (unpaired) electrons. The maximum atomic E-state index is 13.6. The van der Waals surface area contributed by atoms with Crippen molar-refractivity contribution in [3.8, 4) is 5.69 Å². The molecule has 0 aliphatic heterocycles. The molecule has 5 nitrogen and oxygen atoms in total. The minimum Gasteiger partial charge on any atom is -0.333 e. The van der Waals surface area contributed by atoms with E-state index in [1.807, 2.05) is 91.5 Å². The number of para-hydroxylation sites is 1. The third-order valence-corrected chi connectivity index (χ3v) is 6.38. The van der Waals surface area contributed by atoms with E-state index in [1.54, 1.807) is 10.6 Å². The lowest BCUT2D eigenvalue weighted by atomic mass is 10.1. The molecule has 174 valence electrons. The molecular weight excluding hydrogens is 422 g/mol. The topological polar surface area (TPSA) is 55.2 Å². The Labute approximate surface area is 200 Å². The Balaban J connectivity index is 1.74. The SMILES string of the molecule is CCc1ccc(-n2c(C(C)N(CC)C(=O)CCc3ccccc3)nc3ccccc3c2=O)cc1. The second-order valence-electron chi connectivity index (χ2n) is 8.49. The fourth-order valence-electron chi connectivity index (χ4n) is 4.41. The summed E-state index contributed by atoms with van der Waals surface area (Å²) in [5.41, 5.74) is 3.62. The average molecular weight is 454 g/mol. The molecular formula is C29H31N3O2. The van der Waals surface area contributed by atoms with Gasteiger partial charge in [0.25, 0.3) is 5.56 Å². The van der Waals surface area contributed by atoms with Gasteiger partial charge in [0.05, 0.1) is 22.6 Å². The predicted molar refractivity (Wildman–Crippen MR) is 137 cm³/mol. The molecule has 1 aromatic heterocycles. The van der Waals surface area contributed by atoms with E-state index in [0.717, 1.165) is 17.7 Å². The molecule has 0 aliphatic rings. The predicted octanol–water partition coefficient (Wildman–Crippen LogP) is 5.49. The molecule has 1 atom stereocenters. The Hall–Kier alpha value is -3.73. The summed E-state index contributed by atoms with van der Waals surface area (Å²) in [5.74, 6) is 0.622. The van der Waals surface area contributed by atoms with Crippen molar-refractivity contribution in [2.45, 2.75) is 46.1 Å². The number of hydrogen-bond acceptors (Lipinski definition) is 3. The van der Waals surface area contributed by atoms with Crippen LogP contribution < -0.4 is 5.56 Å². The van der Waals surface area contributed by atoms with Crippen LogP contribution in [0, 0.1) is 0 Å². The summed E-state index contributed by atoms with van der Waals surface area (Å²) < 4.78 is 1.67. The molecule has 5 heteroatoms. The highest BCUT2D eigenvalue weighted by Gasteiger charge is 2.25. The molecule has 4 aromatic rings. The van der Waals surface area contributed by atoms with Gasteiger partial charge in [-0.1, -0.05) is 61.5 Å². The van der Waals surface area contributed by atoms with E-state index < -0.39 is 0 Å². The lowest BCUT2D eigenvalue weighted by molar-refractivity contribution is -0.133. The zero-order valence-electron chi connectivity index (χ0n) is 20.1. The standard InChI is InChI=1S/C29H31N3O2/c1-4-22-15-18-24(19-16-22)32-28(30-26-14-10-9-13-25(26)29(32)34)21(3)31(5-2)27(33)20-17-23-11-7-6-8-12-23/h6-16,18-19,21H,4-5,17,20H2,1-3H3. The summed E-state index contributed by atoms with van der Waals surface area (Å²) >= 11 is 0. The summed E-state index contributed by atoms with van der Waals surface area (Å²) in [7, 11) is 0. The van der Waals surface area contributed by atoms with Gasteiger partial charge in [0, 0.05) is 13.0 Å². The number of hydrogen-bond donors (Lipinski definition) is 0. The van der Waals surface area contributed by atoms with Crippen molar-refractivity contribution in [3.63, 3.8) is 0 Å². The molecule has 4 rings (SSSR count). The maximum Gasteiger partial charge on any atom is 0.266 e. The molecule has 1 unspecified atom stereocenters. The van der Waals surface area contributed by atoms with Crippen LogP contribution in [0.3, 0.4) is 0 Å². The smallest absolute Gasteiger partial charge is 0.266 e. The van der Waals surface area contributed by atoms with Crippen LogP contribution in [0.2, 0.25) is 0 Å². The number of rotatable bonds is 8. The first-order chi connectivity index (χ1) is 16.5. The highest BCUT2D eigenvalue weighted by Crippen LogP contribution is 2.24. The van der Waals surface area contributed by atoms with Crippen LogP contribution in [0.1, 0.15) is 50.2 Å². The Morgan fingerprint density at radius 2 is 1.59 bits per heavy atom. The van der Waals surface area contributed by atoms with Crippen LogP contribution in [0.4, 0.5) is 0 Å². The van der Waals surface area contributed by atoms with Crippen LogP contribution in [0.5, 0.6) is 0 Å². The van der Waals surface area contributed by atoms with Gasteiger partial charge in [-0.15, -0.1) is 0 Å². The fraction of sp³-hybridized carbons (Fsp3) is 0.276. The zero-order valence-corrected chi connectivity index (χ0v) is 20.1. The molecule has 0 spiro atoms. The summed E-state index contributed by atoms with van der Waals surface area (Å²) in [6, 6.07) is 25.0. The van der Waals surface area contributed by atoms with Gasteiger partial charge in [-0.2, -0.15) is 0 Å². The first-order valence-corrected chi connectivity index (χ1v) is 12.0. The zero-order chi connectivity index (χ0) is 24.1. The number of aryl methyl sites for hydroxylation is 2. The van der Waals surface area contributed by atoms with Crippen LogP contribution in [-0.2, 0) is 17.6 Å². The second kappa shape index (κ2) is 10.5. The molecule has 3 aromatic carbocycles. The van der Waals surface area contributed by atoms with Gasteiger partial charge in [0.15, 0.2) is 0 Å². The molecule has 0 fully saturated rings. The van der Waals surface area contributed by atoms with Crippen LogP contribution in [0.25, 0.3) is 16.6 Å². The molecule has 1 amide bonds. The summed E-state index contributed by atoms with van der Waals surface area (Å²) in [5, 5.41) is 0.566.